The van der Waals surface area contributed by atoms with Gasteiger partial charge in [0.25, 0.3) is 5.91 Å². The van der Waals surface area contributed by atoms with Gasteiger partial charge < -0.3 is 10.4 Å². The van der Waals surface area contributed by atoms with E-state index in [4.69, 9.17) is 5.11 Å². The lowest BCUT2D eigenvalue weighted by atomic mass is 9.98. The minimum atomic E-state index is -1.09. The van der Waals surface area contributed by atoms with Crippen molar-refractivity contribution in [1.29, 1.82) is 0 Å². The molecule has 2 atom stereocenters. The Morgan fingerprint density at radius 2 is 2.05 bits per heavy atom. The van der Waals surface area contributed by atoms with Gasteiger partial charge in [0.05, 0.1) is 0 Å². The van der Waals surface area contributed by atoms with Gasteiger partial charge in [-0.3, -0.25) is 4.79 Å². The number of nitrogens with one attached hydrogen (secondary N) is 1. The fourth-order valence-electron chi connectivity index (χ4n) is 1.74. The molecule has 2 unspecified atom stereocenters. The summed E-state index contributed by atoms with van der Waals surface area (Å²) in [4.78, 5) is 23.1. The normalized spacial score (nSPS) is 13.7. The predicted molar refractivity (Wildman–Crippen MR) is 69.5 cm³/mol. The summed E-state index contributed by atoms with van der Waals surface area (Å²) < 4.78 is 13.1. The summed E-state index contributed by atoms with van der Waals surface area (Å²) in [5, 5.41) is 11.6. The van der Waals surface area contributed by atoms with Crippen molar-refractivity contribution < 1.29 is 19.1 Å². The second-order valence-corrected chi connectivity index (χ2v) is 4.63. The molecule has 0 aliphatic carbocycles. The Kier molecular flexibility index (Phi) is 5.03. The lowest BCUT2D eigenvalue weighted by molar-refractivity contribution is -0.140. The smallest absolute Gasteiger partial charge is 0.326 e. The van der Waals surface area contributed by atoms with E-state index in [2.05, 4.69) is 5.32 Å². The molecular formula is C14H18FNO3. The van der Waals surface area contributed by atoms with E-state index in [0.29, 0.717) is 12.0 Å². The van der Waals surface area contributed by atoms with Gasteiger partial charge in [0, 0.05) is 5.56 Å². The first-order valence-electron chi connectivity index (χ1n) is 6.16. The number of hydrogen-bond acceptors (Lipinski definition) is 2. The Morgan fingerprint density at radius 3 is 2.58 bits per heavy atom. The van der Waals surface area contributed by atoms with E-state index in [-0.39, 0.29) is 11.5 Å². The topological polar surface area (TPSA) is 66.4 Å². The molecule has 104 valence electrons. The summed E-state index contributed by atoms with van der Waals surface area (Å²) in [6.45, 7) is 5.27. The SMILES string of the molecule is CCC(C)C(NC(=O)c1cc(F)ccc1C)C(=O)O. The number of carbonyl (C=O) groups is 2. The van der Waals surface area contributed by atoms with Gasteiger partial charge in [-0.1, -0.05) is 26.3 Å². The van der Waals surface area contributed by atoms with Crippen molar-refractivity contribution in [1.82, 2.24) is 5.32 Å². The maximum atomic E-state index is 13.1. The van der Waals surface area contributed by atoms with E-state index >= 15 is 0 Å². The van der Waals surface area contributed by atoms with Crippen molar-refractivity contribution in [3.05, 3.63) is 35.1 Å². The highest BCUT2D eigenvalue weighted by Gasteiger charge is 2.26. The molecular weight excluding hydrogens is 249 g/mol. The average Bonchev–Trinajstić information content (AvgIpc) is 2.37. The van der Waals surface area contributed by atoms with Gasteiger partial charge in [0.1, 0.15) is 11.9 Å². The molecule has 4 nitrogen and oxygen atoms in total. The Hall–Kier alpha value is -1.91. The molecule has 0 radical (unpaired) electrons. The lowest BCUT2D eigenvalue weighted by Crippen LogP contribution is -2.45. The zero-order chi connectivity index (χ0) is 14.6. The van der Waals surface area contributed by atoms with Gasteiger partial charge in [0.15, 0.2) is 0 Å². The molecule has 0 bridgehead atoms. The molecule has 0 heterocycles. The quantitative estimate of drug-likeness (QED) is 0.860. The minimum absolute atomic E-state index is 0.162. The second-order valence-electron chi connectivity index (χ2n) is 4.63. The molecule has 0 fully saturated rings. The molecule has 0 aliphatic rings. The van der Waals surface area contributed by atoms with Crippen LogP contribution in [0.4, 0.5) is 4.39 Å². The Morgan fingerprint density at radius 1 is 1.42 bits per heavy atom. The highest BCUT2D eigenvalue weighted by molar-refractivity contribution is 5.97. The summed E-state index contributed by atoms with van der Waals surface area (Å²) in [5.74, 6) is -2.37. The maximum absolute atomic E-state index is 13.1. The van der Waals surface area contributed by atoms with Crippen LogP contribution in [0.25, 0.3) is 0 Å². The molecule has 2 N–H and O–H groups in total. The van der Waals surface area contributed by atoms with E-state index in [1.54, 1.807) is 13.8 Å². The number of aliphatic carboxylic acids is 1. The average molecular weight is 267 g/mol. The molecule has 19 heavy (non-hydrogen) atoms. The molecule has 5 heteroatoms. The molecule has 1 aromatic rings. The predicted octanol–water partition coefficient (Wildman–Crippen LogP) is 2.36. The number of benzene rings is 1. The summed E-state index contributed by atoms with van der Waals surface area (Å²) in [6.07, 6.45) is 0.624. The van der Waals surface area contributed by atoms with E-state index in [1.807, 2.05) is 6.92 Å². The molecule has 0 aliphatic heterocycles. The van der Waals surface area contributed by atoms with Crippen LogP contribution in [-0.4, -0.2) is 23.0 Å². The second kappa shape index (κ2) is 6.31. The molecule has 1 rings (SSSR count). The van der Waals surface area contributed by atoms with Crippen molar-refractivity contribution in [2.75, 3.05) is 0 Å². The van der Waals surface area contributed by atoms with Crippen LogP contribution in [-0.2, 0) is 4.79 Å². The number of amides is 1. The van der Waals surface area contributed by atoms with Crippen LogP contribution >= 0.6 is 0 Å². The Balaban J connectivity index is 2.94. The van der Waals surface area contributed by atoms with Crippen LogP contribution < -0.4 is 5.32 Å². The minimum Gasteiger partial charge on any atom is -0.480 e. The van der Waals surface area contributed by atoms with Crippen LogP contribution in [0.2, 0.25) is 0 Å². The number of carboxylic acid groups (broad SMARTS) is 1. The number of halogens is 1. The maximum Gasteiger partial charge on any atom is 0.326 e. The zero-order valence-corrected chi connectivity index (χ0v) is 11.2. The van der Waals surface area contributed by atoms with E-state index in [0.717, 1.165) is 6.07 Å². The fourth-order valence-corrected chi connectivity index (χ4v) is 1.74. The largest absolute Gasteiger partial charge is 0.480 e. The highest BCUT2D eigenvalue weighted by atomic mass is 19.1. The monoisotopic (exact) mass is 267 g/mol. The van der Waals surface area contributed by atoms with Gasteiger partial charge in [-0.2, -0.15) is 0 Å². The van der Waals surface area contributed by atoms with Gasteiger partial charge in [-0.25, -0.2) is 9.18 Å². The molecule has 0 aromatic heterocycles. The number of rotatable bonds is 5. The third kappa shape index (κ3) is 3.77. The van der Waals surface area contributed by atoms with Crippen LogP contribution in [0.15, 0.2) is 18.2 Å². The Labute approximate surface area is 111 Å². The molecule has 0 saturated heterocycles. The first-order valence-corrected chi connectivity index (χ1v) is 6.16. The summed E-state index contributed by atoms with van der Waals surface area (Å²) in [6, 6.07) is 2.89. The molecule has 1 amide bonds. The van der Waals surface area contributed by atoms with E-state index < -0.39 is 23.7 Å². The number of carboxylic acids is 1. The number of hydrogen-bond donors (Lipinski definition) is 2. The number of aryl methyl sites for hydroxylation is 1. The van der Waals surface area contributed by atoms with Crippen LogP contribution in [0.5, 0.6) is 0 Å². The van der Waals surface area contributed by atoms with Crippen LogP contribution in [0, 0.1) is 18.7 Å². The zero-order valence-electron chi connectivity index (χ0n) is 11.2. The lowest BCUT2D eigenvalue weighted by Gasteiger charge is -2.20. The Bertz CT molecular complexity index is 488. The van der Waals surface area contributed by atoms with Crippen molar-refractivity contribution in [3.63, 3.8) is 0 Å². The number of carbonyl (C=O) groups excluding carboxylic acids is 1. The molecule has 0 saturated carbocycles. The standard InChI is InChI=1S/C14H18FNO3/c1-4-8(2)12(14(18)19)16-13(17)11-7-10(15)6-5-9(11)3/h5-8,12H,4H2,1-3H3,(H,16,17)(H,18,19). The van der Waals surface area contributed by atoms with Gasteiger partial charge in [-0.15, -0.1) is 0 Å². The molecule has 1 aromatic carbocycles. The molecule has 0 spiro atoms. The van der Waals surface area contributed by atoms with Crippen LogP contribution in [0.1, 0.15) is 36.2 Å². The van der Waals surface area contributed by atoms with Gasteiger partial charge in [-0.05, 0) is 30.5 Å². The van der Waals surface area contributed by atoms with Gasteiger partial charge >= 0.3 is 5.97 Å². The van der Waals surface area contributed by atoms with Gasteiger partial charge in [0.2, 0.25) is 0 Å². The van der Waals surface area contributed by atoms with Crippen molar-refractivity contribution >= 4 is 11.9 Å². The van der Waals surface area contributed by atoms with Crippen molar-refractivity contribution in [3.8, 4) is 0 Å². The van der Waals surface area contributed by atoms with E-state index in [1.165, 1.54) is 12.1 Å². The van der Waals surface area contributed by atoms with Crippen molar-refractivity contribution in [2.45, 2.75) is 33.2 Å². The summed E-state index contributed by atoms with van der Waals surface area (Å²) in [7, 11) is 0. The highest BCUT2D eigenvalue weighted by Crippen LogP contribution is 2.13. The third-order valence-electron chi connectivity index (χ3n) is 3.21. The van der Waals surface area contributed by atoms with Crippen molar-refractivity contribution in [2.24, 2.45) is 5.92 Å². The van der Waals surface area contributed by atoms with Crippen LogP contribution in [0.3, 0.4) is 0 Å². The fraction of sp³-hybridized carbons (Fsp3) is 0.429. The summed E-state index contributed by atoms with van der Waals surface area (Å²) in [5.41, 5.74) is 0.766. The summed E-state index contributed by atoms with van der Waals surface area (Å²) >= 11 is 0. The first-order chi connectivity index (χ1) is 8.86. The third-order valence-corrected chi connectivity index (χ3v) is 3.21. The first kappa shape index (κ1) is 15.1. The van der Waals surface area contributed by atoms with E-state index in [9.17, 15) is 14.0 Å².